The standard InChI is InChI=1S/C12H15N3O5S/c1-21(18,19)5-4-8(13)12-14-11(15-20-12)7-2-3-9(16)10(17)6-7/h2-3,6,8,16-17H,4-5,13H2,1H3. The van der Waals surface area contributed by atoms with Crippen molar-refractivity contribution in [3.8, 4) is 22.9 Å². The molecule has 2 aromatic rings. The van der Waals surface area contributed by atoms with Crippen LogP contribution in [0.25, 0.3) is 11.4 Å². The van der Waals surface area contributed by atoms with Crippen LogP contribution in [0.1, 0.15) is 18.4 Å². The molecule has 4 N–H and O–H groups in total. The Balaban J connectivity index is 2.15. The molecule has 1 unspecified atom stereocenters. The number of aromatic nitrogens is 2. The Morgan fingerprint density at radius 2 is 2.05 bits per heavy atom. The molecule has 8 nitrogen and oxygen atoms in total. The lowest BCUT2D eigenvalue weighted by Gasteiger charge is -2.04. The molecule has 0 saturated carbocycles. The Morgan fingerprint density at radius 3 is 2.67 bits per heavy atom. The summed E-state index contributed by atoms with van der Waals surface area (Å²) in [4.78, 5) is 4.06. The Morgan fingerprint density at radius 1 is 1.33 bits per heavy atom. The van der Waals surface area contributed by atoms with Crippen molar-refractivity contribution in [1.29, 1.82) is 0 Å². The Bertz CT molecular complexity index is 741. The largest absolute Gasteiger partial charge is 0.504 e. The summed E-state index contributed by atoms with van der Waals surface area (Å²) in [6.45, 7) is 0. The zero-order valence-corrected chi connectivity index (χ0v) is 12.0. The molecular formula is C12H15N3O5S. The summed E-state index contributed by atoms with van der Waals surface area (Å²) >= 11 is 0. The third-order valence-corrected chi connectivity index (χ3v) is 3.77. The molecule has 1 heterocycles. The van der Waals surface area contributed by atoms with Gasteiger partial charge in [0.2, 0.25) is 11.7 Å². The summed E-state index contributed by atoms with van der Waals surface area (Å²) in [6.07, 6.45) is 1.29. The first-order valence-corrected chi connectivity index (χ1v) is 8.11. The molecule has 0 bridgehead atoms. The van der Waals surface area contributed by atoms with Gasteiger partial charge in [-0.15, -0.1) is 0 Å². The summed E-state index contributed by atoms with van der Waals surface area (Å²) in [5.74, 6) is -0.338. The van der Waals surface area contributed by atoms with Crippen LogP contribution in [0.4, 0.5) is 0 Å². The van der Waals surface area contributed by atoms with Crippen molar-refractivity contribution < 1.29 is 23.2 Å². The lowest BCUT2D eigenvalue weighted by Crippen LogP contribution is -2.16. The number of nitrogens with zero attached hydrogens (tertiary/aromatic N) is 2. The first-order valence-electron chi connectivity index (χ1n) is 6.05. The van der Waals surface area contributed by atoms with Crippen molar-refractivity contribution >= 4 is 9.84 Å². The summed E-state index contributed by atoms with van der Waals surface area (Å²) in [7, 11) is -3.11. The van der Waals surface area contributed by atoms with E-state index in [9.17, 15) is 18.6 Å². The lowest BCUT2D eigenvalue weighted by molar-refractivity contribution is 0.352. The zero-order valence-electron chi connectivity index (χ0n) is 11.2. The van der Waals surface area contributed by atoms with E-state index in [2.05, 4.69) is 10.1 Å². The number of phenolic OH excluding ortho intramolecular Hbond substituents is 2. The van der Waals surface area contributed by atoms with E-state index in [4.69, 9.17) is 10.3 Å². The molecule has 21 heavy (non-hydrogen) atoms. The summed E-state index contributed by atoms with van der Waals surface area (Å²) < 4.78 is 27.2. The van der Waals surface area contributed by atoms with Crippen LogP contribution in [0.2, 0.25) is 0 Å². The molecular weight excluding hydrogens is 298 g/mol. The Hall–Kier alpha value is -2.13. The van der Waals surface area contributed by atoms with Gasteiger partial charge >= 0.3 is 0 Å². The van der Waals surface area contributed by atoms with Crippen LogP contribution >= 0.6 is 0 Å². The molecule has 9 heteroatoms. The average molecular weight is 313 g/mol. The highest BCUT2D eigenvalue weighted by atomic mass is 32.2. The second kappa shape index (κ2) is 5.70. The average Bonchev–Trinajstić information content (AvgIpc) is 2.88. The number of aromatic hydroxyl groups is 2. The van der Waals surface area contributed by atoms with Crippen molar-refractivity contribution in [2.24, 2.45) is 5.73 Å². The summed E-state index contributed by atoms with van der Waals surface area (Å²) in [5.41, 5.74) is 6.24. The van der Waals surface area contributed by atoms with Crippen molar-refractivity contribution in [3.63, 3.8) is 0 Å². The molecule has 114 valence electrons. The van der Waals surface area contributed by atoms with Crippen LogP contribution in [0.5, 0.6) is 11.5 Å². The van der Waals surface area contributed by atoms with Crippen LogP contribution < -0.4 is 5.73 Å². The number of sulfone groups is 1. The molecule has 0 fully saturated rings. The van der Waals surface area contributed by atoms with Gasteiger partial charge in [-0.25, -0.2) is 8.42 Å². The molecule has 0 aliphatic carbocycles. The monoisotopic (exact) mass is 313 g/mol. The van der Waals surface area contributed by atoms with Gasteiger partial charge in [0.25, 0.3) is 0 Å². The molecule has 0 aliphatic rings. The smallest absolute Gasteiger partial charge is 0.243 e. The van der Waals surface area contributed by atoms with E-state index >= 15 is 0 Å². The van der Waals surface area contributed by atoms with E-state index in [0.29, 0.717) is 5.56 Å². The first kappa shape index (κ1) is 15.3. The van der Waals surface area contributed by atoms with Crippen LogP contribution in [-0.4, -0.2) is 40.8 Å². The van der Waals surface area contributed by atoms with Crippen LogP contribution in [0, 0.1) is 0 Å². The fourth-order valence-electron chi connectivity index (χ4n) is 1.63. The van der Waals surface area contributed by atoms with Crippen molar-refractivity contribution in [3.05, 3.63) is 24.1 Å². The van der Waals surface area contributed by atoms with Gasteiger partial charge in [-0.3, -0.25) is 0 Å². The number of hydrogen-bond acceptors (Lipinski definition) is 8. The maximum Gasteiger partial charge on any atom is 0.243 e. The number of benzene rings is 1. The van der Waals surface area contributed by atoms with Gasteiger partial charge < -0.3 is 20.5 Å². The normalized spacial score (nSPS) is 13.2. The molecule has 0 radical (unpaired) electrons. The van der Waals surface area contributed by atoms with Crippen molar-refractivity contribution in [1.82, 2.24) is 10.1 Å². The SMILES string of the molecule is CS(=O)(=O)CCC(N)c1nc(-c2ccc(O)c(O)c2)no1. The molecule has 0 amide bonds. The number of rotatable bonds is 5. The van der Waals surface area contributed by atoms with Gasteiger partial charge in [-0.05, 0) is 24.6 Å². The van der Waals surface area contributed by atoms with Crippen molar-refractivity contribution in [2.45, 2.75) is 12.5 Å². The van der Waals surface area contributed by atoms with Gasteiger partial charge in [0.1, 0.15) is 9.84 Å². The van der Waals surface area contributed by atoms with Crippen LogP contribution in [0.3, 0.4) is 0 Å². The molecule has 1 atom stereocenters. The molecule has 0 spiro atoms. The summed E-state index contributed by atoms with van der Waals surface area (Å²) in [5, 5.41) is 22.4. The van der Waals surface area contributed by atoms with Crippen LogP contribution in [0.15, 0.2) is 22.7 Å². The lowest BCUT2D eigenvalue weighted by atomic mass is 10.2. The third-order valence-electron chi connectivity index (χ3n) is 2.79. The fourth-order valence-corrected chi connectivity index (χ4v) is 2.31. The maximum absolute atomic E-state index is 11.1. The van der Waals surface area contributed by atoms with E-state index in [1.54, 1.807) is 0 Å². The van der Waals surface area contributed by atoms with Gasteiger partial charge in [-0.1, -0.05) is 5.16 Å². The summed E-state index contributed by atoms with van der Waals surface area (Å²) in [6, 6.07) is 3.40. The predicted octanol–water partition coefficient (Wildman–Crippen LogP) is 0.582. The molecule has 1 aromatic carbocycles. The van der Waals surface area contributed by atoms with Gasteiger partial charge in [-0.2, -0.15) is 4.98 Å². The highest BCUT2D eigenvalue weighted by molar-refractivity contribution is 7.90. The van der Waals surface area contributed by atoms with E-state index in [0.717, 1.165) is 6.26 Å². The Kier molecular flexibility index (Phi) is 4.14. The minimum Gasteiger partial charge on any atom is -0.504 e. The molecule has 1 aromatic heterocycles. The first-order chi connectivity index (χ1) is 9.76. The van der Waals surface area contributed by atoms with E-state index in [1.165, 1.54) is 18.2 Å². The second-order valence-electron chi connectivity index (χ2n) is 4.68. The van der Waals surface area contributed by atoms with E-state index < -0.39 is 15.9 Å². The van der Waals surface area contributed by atoms with E-state index in [1.807, 2.05) is 0 Å². The van der Waals surface area contributed by atoms with Crippen LogP contribution in [-0.2, 0) is 9.84 Å². The van der Waals surface area contributed by atoms with E-state index in [-0.39, 0.29) is 35.4 Å². The predicted molar refractivity (Wildman–Crippen MR) is 74.3 cm³/mol. The third kappa shape index (κ3) is 3.92. The highest BCUT2D eigenvalue weighted by Gasteiger charge is 2.18. The minimum absolute atomic E-state index is 0.0775. The molecule has 0 saturated heterocycles. The van der Waals surface area contributed by atoms with Gasteiger partial charge in [0, 0.05) is 11.8 Å². The highest BCUT2D eigenvalue weighted by Crippen LogP contribution is 2.29. The number of hydrogen-bond donors (Lipinski definition) is 3. The zero-order chi connectivity index (χ0) is 15.6. The maximum atomic E-state index is 11.1. The number of nitrogens with two attached hydrogens (primary N) is 1. The quantitative estimate of drug-likeness (QED) is 0.681. The van der Waals surface area contributed by atoms with Gasteiger partial charge in [0.05, 0.1) is 11.8 Å². The fraction of sp³-hybridized carbons (Fsp3) is 0.333. The second-order valence-corrected chi connectivity index (χ2v) is 6.94. The topological polar surface area (TPSA) is 140 Å². The Labute approximate surface area is 121 Å². The molecule has 0 aliphatic heterocycles. The molecule has 2 rings (SSSR count). The number of phenols is 2. The van der Waals surface area contributed by atoms with Gasteiger partial charge in [0.15, 0.2) is 11.5 Å². The minimum atomic E-state index is -3.11. The van der Waals surface area contributed by atoms with Crippen molar-refractivity contribution in [2.75, 3.05) is 12.0 Å².